The predicted molar refractivity (Wildman–Crippen MR) is 129 cm³/mol. The summed E-state index contributed by atoms with van der Waals surface area (Å²) < 4.78 is 12.6. The fraction of sp³-hybridized carbons (Fsp3) is 0.429. The van der Waals surface area contributed by atoms with Gasteiger partial charge in [0.1, 0.15) is 28.2 Å². The number of phenolic OH excluding ortho intramolecular Hbond substituents is 2. The van der Waals surface area contributed by atoms with Gasteiger partial charge in [0.2, 0.25) is 9.76 Å². The number of hydrogen-bond acceptors (Lipinski definition) is 6. The lowest BCUT2D eigenvalue weighted by Gasteiger charge is -2.35. The standard InChI is InChI=1S/C21H31N3O4Si3/c1-15(14-31(6,27-29-2)28-30(3,4)5)11-16-12-17(25)13-20(21(16)26)24-22-18-9-7-8-10-19(18)23-24/h7-10,12-13,15,25-26H,11,14H2,1-6H3. The summed E-state index contributed by atoms with van der Waals surface area (Å²) in [6.07, 6.45) is 0.585. The monoisotopic (exact) mass is 473 g/mol. The minimum Gasteiger partial charge on any atom is -0.508 e. The normalized spacial score (nSPS) is 15.2. The highest BCUT2D eigenvalue weighted by Gasteiger charge is 2.37. The summed E-state index contributed by atoms with van der Waals surface area (Å²) in [6, 6.07) is 11.4. The van der Waals surface area contributed by atoms with Crippen molar-refractivity contribution >= 4 is 37.7 Å². The smallest absolute Gasteiger partial charge is 0.314 e. The molecule has 166 valence electrons. The van der Waals surface area contributed by atoms with Crippen LogP contribution in [0.5, 0.6) is 11.5 Å². The molecular weight excluding hydrogens is 443 g/mol. The van der Waals surface area contributed by atoms with Crippen molar-refractivity contribution < 1.29 is 18.4 Å². The van der Waals surface area contributed by atoms with Crippen molar-refractivity contribution in [3.8, 4) is 17.2 Å². The average molecular weight is 474 g/mol. The number of benzene rings is 2. The SMILES string of the molecule is C[Si]O[Si](C)(CC(C)Cc1cc(O)cc(-n2nc3ccccc3n2)c1O)O[Si](C)(C)C. The van der Waals surface area contributed by atoms with Crippen molar-refractivity contribution in [3.05, 3.63) is 42.0 Å². The maximum atomic E-state index is 11.0. The molecule has 31 heavy (non-hydrogen) atoms. The molecule has 0 aliphatic heterocycles. The third-order valence-corrected chi connectivity index (χ3v) is 12.9. The predicted octanol–water partition coefficient (Wildman–Crippen LogP) is 4.62. The van der Waals surface area contributed by atoms with Gasteiger partial charge in [-0.2, -0.15) is 0 Å². The van der Waals surface area contributed by atoms with Gasteiger partial charge < -0.3 is 18.4 Å². The Kier molecular flexibility index (Phi) is 7.06. The molecule has 0 amide bonds. The first kappa shape index (κ1) is 23.7. The van der Waals surface area contributed by atoms with Crippen LogP contribution in [0, 0.1) is 5.92 Å². The summed E-state index contributed by atoms with van der Waals surface area (Å²) in [5.74, 6) is 0.355. The molecule has 3 rings (SSSR count). The summed E-state index contributed by atoms with van der Waals surface area (Å²) in [5, 5.41) is 30.2. The van der Waals surface area contributed by atoms with Crippen molar-refractivity contribution in [2.24, 2.45) is 5.92 Å². The van der Waals surface area contributed by atoms with Crippen LogP contribution in [0.2, 0.25) is 38.8 Å². The molecule has 0 aliphatic rings. The summed E-state index contributed by atoms with van der Waals surface area (Å²) in [7, 11) is -3.70. The van der Waals surface area contributed by atoms with E-state index >= 15 is 0 Å². The van der Waals surface area contributed by atoms with Crippen LogP contribution >= 0.6 is 0 Å². The Morgan fingerprint density at radius 1 is 1.06 bits per heavy atom. The molecule has 2 unspecified atom stereocenters. The van der Waals surface area contributed by atoms with Crippen molar-refractivity contribution in [3.63, 3.8) is 0 Å². The summed E-state index contributed by atoms with van der Waals surface area (Å²) in [4.78, 5) is 1.38. The Morgan fingerprint density at radius 2 is 1.68 bits per heavy atom. The highest BCUT2D eigenvalue weighted by molar-refractivity contribution is 6.83. The van der Waals surface area contributed by atoms with E-state index in [2.05, 4.69) is 43.3 Å². The number of rotatable bonds is 9. The van der Waals surface area contributed by atoms with E-state index in [0.29, 0.717) is 27.4 Å². The average Bonchev–Trinajstić information content (AvgIpc) is 3.06. The van der Waals surface area contributed by atoms with E-state index in [9.17, 15) is 10.2 Å². The quantitative estimate of drug-likeness (QED) is 0.348. The third-order valence-electron chi connectivity index (χ3n) is 4.78. The van der Waals surface area contributed by atoms with Gasteiger partial charge in [0.15, 0.2) is 8.32 Å². The lowest BCUT2D eigenvalue weighted by Crippen LogP contribution is -2.48. The van der Waals surface area contributed by atoms with Crippen molar-refractivity contribution in [2.45, 2.75) is 52.1 Å². The van der Waals surface area contributed by atoms with Crippen LogP contribution in [0.25, 0.3) is 16.7 Å². The van der Waals surface area contributed by atoms with Gasteiger partial charge in [-0.25, -0.2) is 0 Å². The molecule has 0 bridgehead atoms. The van der Waals surface area contributed by atoms with Crippen LogP contribution in [0.3, 0.4) is 0 Å². The van der Waals surface area contributed by atoms with Gasteiger partial charge in [0.25, 0.3) is 0 Å². The lowest BCUT2D eigenvalue weighted by atomic mass is 10.0. The van der Waals surface area contributed by atoms with Crippen LogP contribution in [0.1, 0.15) is 12.5 Å². The topological polar surface area (TPSA) is 89.6 Å². The van der Waals surface area contributed by atoms with Crippen molar-refractivity contribution in [2.75, 3.05) is 0 Å². The Labute approximate surface area is 188 Å². The van der Waals surface area contributed by atoms with Crippen LogP contribution < -0.4 is 0 Å². The molecule has 0 saturated carbocycles. The number of aromatic nitrogens is 3. The minimum atomic E-state index is -2.33. The Morgan fingerprint density at radius 3 is 2.23 bits per heavy atom. The minimum absolute atomic E-state index is 0.0704. The zero-order chi connectivity index (χ0) is 22.8. The molecule has 0 spiro atoms. The third kappa shape index (κ3) is 6.04. The zero-order valence-electron chi connectivity index (χ0n) is 19.0. The van der Waals surface area contributed by atoms with Gasteiger partial charge in [-0.05, 0) is 69.3 Å². The van der Waals surface area contributed by atoms with E-state index < -0.39 is 16.9 Å². The lowest BCUT2D eigenvalue weighted by molar-refractivity contribution is 0.381. The Hall–Kier alpha value is -1.99. The van der Waals surface area contributed by atoms with Crippen LogP contribution in [-0.2, 0) is 14.7 Å². The van der Waals surface area contributed by atoms with Gasteiger partial charge in [0.05, 0.1) is 0 Å². The molecule has 10 heteroatoms. The first-order valence-electron chi connectivity index (χ1n) is 10.4. The molecule has 7 nitrogen and oxygen atoms in total. The Bertz CT molecular complexity index is 1020. The van der Waals surface area contributed by atoms with Crippen LogP contribution in [-0.4, -0.2) is 51.8 Å². The van der Waals surface area contributed by atoms with E-state index in [0.717, 1.165) is 17.1 Å². The second-order valence-electron chi connectivity index (χ2n) is 9.12. The zero-order valence-corrected chi connectivity index (χ0v) is 22.0. The summed E-state index contributed by atoms with van der Waals surface area (Å²) in [6.45, 7) is 12.8. The Balaban J connectivity index is 1.86. The van der Waals surface area contributed by atoms with Gasteiger partial charge in [0, 0.05) is 11.6 Å². The number of hydrogen-bond donors (Lipinski definition) is 2. The summed E-state index contributed by atoms with van der Waals surface area (Å²) in [5.41, 5.74) is 2.47. The van der Waals surface area contributed by atoms with Gasteiger partial charge >= 0.3 is 8.56 Å². The molecule has 1 heterocycles. The highest BCUT2D eigenvalue weighted by Crippen LogP contribution is 2.34. The van der Waals surface area contributed by atoms with E-state index in [1.54, 1.807) is 6.07 Å². The molecule has 2 aromatic carbocycles. The van der Waals surface area contributed by atoms with Crippen LogP contribution in [0.15, 0.2) is 36.4 Å². The maximum Gasteiger partial charge on any atom is 0.314 e. The van der Waals surface area contributed by atoms with Gasteiger partial charge in [-0.1, -0.05) is 19.1 Å². The largest absolute Gasteiger partial charge is 0.508 e. The fourth-order valence-electron chi connectivity index (χ4n) is 3.99. The molecule has 2 atom stereocenters. The van der Waals surface area contributed by atoms with E-state index in [1.165, 1.54) is 10.9 Å². The van der Waals surface area contributed by atoms with E-state index in [4.69, 9.17) is 8.23 Å². The number of nitrogens with zero attached hydrogens (tertiary/aromatic N) is 3. The fourth-order valence-corrected chi connectivity index (χ4v) is 13.5. The first-order valence-corrected chi connectivity index (χ1v) is 17.8. The molecule has 0 fully saturated rings. The van der Waals surface area contributed by atoms with E-state index in [-0.39, 0.29) is 17.4 Å². The van der Waals surface area contributed by atoms with Crippen molar-refractivity contribution in [1.29, 1.82) is 0 Å². The molecule has 1 aromatic heterocycles. The maximum absolute atomic E-state index is 11.0. The van der Waals surface area contributed by atoms with E-state index in [1.807, 2.05) is 30.8 Å². The summed E-state index contributed by atoms with van der Waals surface area (Å²) >= 11 is 0. The molecule has 2 radical (unpaired) electrons. The molecule has 3 aromatic rings. The number of fused-ring (bicyclic) bond motifs is 1. The number of aromatic hydroxyl groups is 2. The first-order chi connectivity index (χ1) is 14.5. The van der Waals surface area contributed by atoms with Crippen molar-refractivity contribution in [1.82, 2.24) is 15.0 Å². The molecule has 2 N–H and O–H groups in total. The highest BCUT2D eigenvalue weighted by atomic mass is 28.5. The van der Waals surface area contributed by atoms with Crippen LogP contribution in [0.4, 0.5) is 0 Å². The second kappa shape index (κ2) is 9.25. The molecular formula is C21H31N3O4Si3. The number of phenols is 2. The van der Waals surface area contributed by atoms with Gasteiger partial charge in [-0.15, -0.1) is 15.0 Å². The van der Waals surface area contributed by atoms with Gasteiger partial charge in [-0.3, -0.25) is 0 Å². The molecule has 0 aliphatic carbocycles. The second-order valence-corrected chi connectivity index (χ2v) is 18.1. The molecule has 0 saturated heterocycles.